The van der Waals surface area contributed by atoms with Crippen LogP contribution in [0.25, 0.3) is 0 Å². The molecule has 1 aliphatic heterocycles. The van der Waals surface area contributed by atoms with Gasteiger partial charge >= 0.3 is 0 Å². The summed E-state index contributed by atoms with van der Waals surface area (Å²) >= 11 is 5.95. The molecule has 0 saturated carbocycles. The molecule has 1 aliphatic rings. The predicted molar refractivity (Wildman–Crippen MR) is 76.0 cm³/mol. The van der Waals surface area contributed by atoms with Gasteiger partial charge in [-0.1, -0.05) is 11.6 Å². The molecule has 4 nitrogen and oxygen atoms in total. The van der Waals surface area contributed by atoms with Crippen LogP contribution in [0, 0.1) is 0 Å². The average molecular weight is 283 g/mol. The lowest BCUT2D eigenvalue weighted by atomic mass is 10.0. The number of nitrogens with zero attached hydrogens (tertiary/aromatic N) is 1. The third kappa shape index (κ3) is 3.69. The molecule has 0 unspecified atom stereocenters. The van der Waals surface area contributed by atoms with Crippen molar-refractivity contribution < 1.29 is 9.53 Å². The van der Waals surface area contributed by atoms with Crippen molar-refractivity contribution in [3.63, 3.8) is 0 Å². The number of halogens is 1. The van der Waals surface area contributed by atoms with Crippen LogP contribution in [-0.2, 0) is 0 Å². The quantitative estimate of drug-likeness (QED) is 0.858. The smallest absolute Gasteiger partial charge is 0.176 e. The van der Waals surface area contributed by atoms with Gasteiger partial charge in [0, 0.05) is 24.7 Å². The molecular formula is C14H19ClN2O2. The maximum absolute atomic E-state index is 12.2. The molecule has 1 aromatic carbocycles. The largest absolute Gasteiger partial charge is 0.495 e. The Morgan fingerprint density at radius 3 is 2.79 bits per heavy atom. The molecule has 0 aromatic heterocycles. The van der Waals surface area contributed by atoms with Crippen molar-refractivity contribution >= 4 is 17.4 Å². The molecule has 1 heterocycles. The van der Waals surface area contributed by atoms with Gasteiger partial charge in [0.2, 0.25) is 0 Å². The van der Waals surface area contributed by atoms with E-state index in [0.29, 0.717) is 22.9 Å². The van der Waals surface area contributed by atoms with Crippen molar-refractivity contribution in [2.75, 3.05) is 26.7 Å². The zero-order valence-electron chi connectivity index (χ0n) is 11.1. The van der Waals surface area contributed by atoms with Crippen LogP contribution in [0.4, 0.5) is 0 Å². The van der Waals surface area contributed by atoms with Gasteiger partial charge in [0.15, 0.2) is 5.78 Å². The van der Waals surface area contributed by atoms with Crippen molar-refractivity contribution in [2.45, 2.75) is 18.9 Å². The van der Waals surface area contributed by atoms with Gasteiger partial charge in [-0.2, -0.15) is 0 Å². The van der Waals surface area contributed by atoms with E-state index in [1.165, 1.54) is 0 Å². The van der Waals surface area contributed by atoms with Gasteiger partial charge in [0.1, 0.15) is 5.75 Å². The molecule has 104 valence electrons. The second-order valence-corrected chi connectivity index (χ2v) is 5.29. The number of hydrogen-bond donors (Lipinski definition) is 1. The fourth-order valence-electron chi connectivity index (χ4n) is 2.24. The number of likely N-dealkylation sites (tertiary alicyclic amines) is 1. The molecule has 19 heavy (non-hydrogen) atoms. The van der Waals surface area contributed by atoms with Crippen LogP contribution < -0.4 is 10.5 Å². The Bertz CT molecular complexity index is 457. The van der Waals surface area contributed by atoms with Crippen LogP contribution in [0.1, 0.15) is 23.2 Å². The molecule has 0 aliphatic carbocycles. The summed E-state index contributed by atoms with van der Waals surface area (Å²) in [5.74, 6) is 0.624. The van der Waals surface area contributed by atoms with E-state index in [4.69, 9.17) is 22.1 Å². The molecule has 0 amide bonds. The zero-order valence-corrected chi connectivity index (χ0v) is 11.8. The molecule has 0 bridgehead atoms. The fraction of sp³-hybridized carbons (Fsp3) is 0.500. The van der Waals surface area contributed by atoms with E-state index in [2.05, 4.69) is 4.90 Å². The molecule has 0 spiro atoms. The highest BCUT2D eigenvalue weighted by molar-refractivity contribution is 6.32. The minimum atomic E-state index is 0.0884. The molecule has 1 fully saturated rings. The summed E-state index contributed by atoms with van der Waals surface area (Å²) in [6, 6.07) is 5.41. The SMILES string of the molecule is COc1cc(C(=O)CN2CCC(N)CC2)ccc1Cl. The maximum atomic E-state index is 12.2. The second-order valence-electron chi connectivity index (χ2n) is 4.89. The number of carbonyl (C=O) groups excluding carboxylic acids is 1. The van der Waals surface area contributed by atoms with Gasteiger partial charge in [-0.25, -0.2) is 0 Å². The number of hydrogen-bond acceptors (Lipinski definition) is 4. The summed E-state index contributed by atoms with van der Waals surface area (Å²) in [5, 5.41) is 0.517. The topological polar surface area (TPSA) is 55.6 Å². The Balaban J connectivity index is 2.00. The monoisotopic (exact) mass is 282 g/mol. The molecule has 1 saturated heterocycles. The number of ether oxygens (including phenoxy) is 1. The average Bonchev–Trinajstić information content (AvgIpc) is 2.42. The van der Waals surface area contributed by atoms with E-state index in [1.807, 2.05) is 0 Å². The van der Waals surface area contributed by atoms with Gasteiger partial charge in [-0.05, 0) is 31.0 Å². The van der Waals surface area contributed by atoms with E-state index in [1.54, 1.807) is 25.3 Å². The lowest BCUT2D eigenvalue weighted by molar-refractivity contribution is 0.0909. The molecule has 0 atom stereocenters. The second kappa shape index (κ2) is 6.37. The highest BCUT2D eigenvalue weighted by atomic mass is 35.5. The van der Waals surface area contributed by atoms with Crippen molar-refractivity contribution in [1.82, 2.24) is 4.90 Å². The summed E-state index contributed by atoms with van der Waals surface area (Å²) in [5.41, 5.74) is 6.49. The lowest BCUT2D eigenvalue weighted by Gasteiger charge is -2.29. The number of piperidine rings is 1. The Hall–Kier alpha value is -1.10. The first-order valence-corrected chi connectivity index (χ1v) is 6.82. The molecule has 1 aromatic rings. The van der Waals surface area contributed by atoms with Gasteiger partial charge < -0.3 is 10.5 Å². The maximum Gasteiger partial charge on any atom is 0.176 e. The fourth-order valence-corrected chi connectivity index (χ4v) is 2.43. The van der Waals surface area contributed by atoms with Gasteiger partial charge in [-0.3, -0.25) is 9.69 Å². The first-order valence-electron chi connectivity index (χ1n) is 6.45. The van der Waals surface area contributed by atoms with E-state index in [0.717, 1.165) is 25.9 Å². The Kier molecular flexibility index (Phi) is 4.80. The Morgan fingerprint density at radius 2 is 2.16 bits per heavy atom. The number of nitrogens with two attached hydrogens (primary N) is 1. The van der Waals surface area contributed by atoms with Crippen LogP contribution >= 0.6 is 11.6 Å². The summed E-state index contributed by atoms with van der Waals surface area (Å²) in [4.78, 5) is 14.3. The van der Waals surface area contributed by atoms with Gasteiger partial charge in [0.25, 0.3) is 0 Å². The number of rotatable bonds is 4. The Morgan fingerprint density at radius 1 is 1.47 bits per heavy atom. The van der Waals surface area contributed by atoms with Crippen LogP contribution in [0.3, 0.4) is 0 Å². The summed E-state index contributed by atoms with van der Waals surface area (Å²) in [7, 11) is 1.54. The third-order valence-corrected chi connectivity index (χ3v) is 3.78. The lowest BCUT2D eigenvalue weighted by Crippen LogP contribution is -2.41. The number of carbonyl (C=O) groups is 1. The standard InChI is InChI=1S/C14H19ClN2O2/c1-19-14-8-10(2-3-12(14)15)13(18)9-17-6-4-11(16)5-7-17/h2-3,8,11H,4-7,9,16H2,1H3. The van der Waals surface area contributed by atoms with E-state index in [-0.39, 0.29) is 11.8 Å². The highest BCUT2D eigenvalue weighted by Crippen LogP contribution is 2.25. The molecule has 5 heteroatoms. The highest BCUT2D eigenvalue weighted by Gasteiger charge is 2.19. The summed E-state index contributed by atoms with van der Waals surface area (Å²) < 4.78 is 5.13. The summed E-state index contributed by atoms with van der Waals surface area (Å²) in [6.45, 7) is 2.20. The van der Waals surface area contributed by atoms with E-state index >= 15 is 0 Å². The van der Waals surface area contributed by atoms with Crippen LogP contribution in [0.15, 0.2) is 18.2 Å². The van der Waals surface area contributed by atoms with Crippen molar-refractivity contribution in [3.8, 4) is 5.75 Å². The van der Waals surface area contributed by atoms with Crippen LogP contribution in [0.2, 0.25) is 5.02 Å². The first-order chi connectivity index (χ1) is 9.10. The van der Waals surface area contributed by atoms with Crippen molar-refractivity contribution in [1.29, 1.82) is 0 Å². The number of ketones is 1. The Labute approximate surface area is 118 Å². The summed E-state index contributed by atoms with van der Waals surface area (Å²) in [6.07, 6.45) is 1.91. The number of Topliss-reactive ketones (excluding diaryl/α,β-unsaturated/α-hetero) is 1. The predicted octanol–water partition coefficient (Wildman–Crippen LogP) is 1.95. The van der Waals surface area contributed by atoms with Crippen molar-refractivity contribution in [3.05, 3.63) is 28.8 Å². The van der Waals surface area contributed by atoms with E-state index < -0.39 is 0 Å². The third-order valence-electron chi connectivity index (χ3n) is 3.47. The van der Waals surface area contributed by atoms with Gasteiger partial charge in [-0.15, -0.1) is 0 Å². The molecule has 2 N–H and O–H groups in total. The van der Waals surface area contributed by atoms with Crippen LogP contribution in [-0.4, -0.2) is 43.5 Å². The zero-order chi connectivity index (χ0) is 13.8. The van der Waals surface area contributed by atoms with Crippen LogP contribution in [0.5, 0.6) is 5.75 Å². The minimum absolute atomic E-state index is 0.0884. The van der Waals surface area contributed by atoms with Crippen molar-refractivity contribution in [2.24, 2.45) is 5.73 Å². The molecule has 0 radical (unpaired) electrons. The number of methoxy groups -OCH3 is 1. The number of benzene rings is 1. The molecule has 2 rings (SSSR count). The minimum Gasteiger partial charge on any atom is -0.495 e. The van der Waals surface area contributed by atoms with Gasteiger partial charge in [0.05, 0.1) is 18.7 Å². The molecular weight excluding hydrogens is 264 g/mol. The van der Waals surface area contributed by atoms with E-state index in [9.17, 15) is 4.79 Å². The normalized spacial score (nSPS) is 17.4. The first kappa shape index (κ1) is 14.3.